The van der Waals surface area contributed by atoms with E-state index in [9.17, 15) is 13.2 Å². The summed E-state index contributed by atoms with van der Waals surface area (Å²) in [5.41, 5.74) is 0.689. The molecule has 0 saturated heterocycles. The Morgan fingerprint density at radius 2 is 2.15 bits per heavy atom. The number of benzene rings is 1. The first-order valence-electron chi connectivity index (χ1n) is 5.89. The summed E-state index contributed by atoms with van der Waals surface area (Å²) >= 11 is 1.05. The van der Waals surface area contributed by atoms with E-state index in [0.717, 1.165) is 23.1 Å². The van der Waals surface area contributed by atoms with Gasteiger partial charge in [-0.1, -0.05) is 11.3 Å². The first-order chi connectivity index (χ1) is 9.44. The molecule has 0 fully saturated rings. The van der Waals surface area contributed by atoms with Gasteiger partial charge in [0.15, 0.2) is 0 Å². The fourth-order valence-electron chi connectivity index (χ4n) is 2.18. The molecule has 1 aliphatic heterocycles. The third-order valence-corrected chi connectivity index (χ3v) is 4.36. The van der Waals surface area contributed by atoms with Crippen LogP contribution in [0.15, 0.2) is 23.0 Å². The first kappa shape index (κ1) is 13.3. The quantitative estimate of drug-likeness (QED) is 0.898. The molecule has 1 aliphatic rings. The van der Waals surface area contributed by atoms with Crippen LogP contribution in [0.3, 0.4) is 0 Å². The molecule has 8 heteroatoms. The second kappa shape index (κ2) is 4.72. The maximum atomic E-state index is 12.0. The van der Waals surface area contributed by atoms with Crippen molar-refractivity contribution in [2.75, 3.05) is 6.61 Å². The van der Waals surface area contributed by atoms with Crippen LogP contribution < -0.4 is 18.8 Å². The maximum absolute atomic E-state index is 12.0. The predicted octanol–water partition coefficient (Wildman–Crippen LogP) is 1.17. The Morgan fingerprint density at radius 1 is 1.35 bits per heavy atom. The second-order valence-electron chi connectivity index (χ2n) is 4.38. The number of hydrogen-bond acceptors (Lipinski definition) is 6. The number of fused-ring (bicyclic) bond motifs is 3. The molecule has 0 saturated carbocycles. The van der Waals surface area contributed by atoms with E-state index in [1.54, 1.807) is 6.07 Å². The van der Waals surface area contributed by atoms with E-state index < -0.39 is 10.3 Å². The van der Waals surface area contributed by atoms with Crippen LogP contribution in [-0.4, -0.2) is 15.0 Å². The van der Waals surface area contributed by atoms with Crippen molar-refractivity contribution in [2.24, 2.45) is 5.14 Å². The fourth-order valence-corrected chi connectivity index (χ4v) is 3.52. The van der Waals surface area contributed by atoms with Crippen molar-refractivity contribution < 1.29 is 17.3 Å². The van der Waals surface area contributed by atoms with Gasteiger partial charge in [-0.15, -0.1) is 0 Å². The van der Waals surface area contributed by atoms with E-state index in [-0.39, 0.29) is 10.5 Å². The Kier molecular flexibility index (Phi) is 3.15. The van der Waals surface area contributed by atoms with E-state index in [0.29, 0.717) is 29.0 Å². The largest absolute Gasteiger partial charge is 0.492 e. The summed E-state index contributed by atoms with van der Waals surface area (Å²) in [5, 5.41) is 5.60. The molecule has 0 unspecified atom stereocenters. The number of ether oxygens (including phenoxy) is 1. The van der Waals surface area contributed by atoms with Crippen molar-refractivity contribution in [3.05, 3.63) is 33.3 Å². The minimum atomic E-state index is -4.08. The summed E-state index contributed by atoms with van der Waals surface area (Å²) in [6.07, 6.45) is 1.53. The van der Waals surface area contributed by atoms with Crippen molar-refractivity contribution >= 4 is 31.7 Å². The van der Waals surface area contributed by atoms with Gasteiger partial charge in [0.05, 0.1) is 12.2 Å². The van der Waals surface area contributed by atoms with Gasteiger partial charge in [-0.25, -0.2) is 0 Å². The van der Waals surface area contributed by atoms with Gasteiger partial charge in [0.2, 0.25) is 4.74 Å². The highest BCUT2D eigenvalue weighted by atomic mass is 32.2. The zero-order valence-electron chi connectivity index (χ0n) is 10.3. The van der Waals surface area contributed by atoms with Crippen LogP contribution in [0.1, 0.15) is 12.0 Å². The van der Waals surface area contributed by atoms with Crippen molar-refractivity contribution in [2.45, 2.75) is 12.8 Å². The Bertz CT molecular complexity index is 841. The molecule has 2 N–H and O–H groups in total. The molecular weight excluding hydrogens is 302 g/mol. The van der Waals surface area contributed by atoms with E-state index in [1.165, 1.54) is 12.1 Å². The van der Waals surface area contributed by atoms with E-state index in [4.69, 9.17) is 9.88 Å². The van der Waals surface area contributed by atoms with Gasteiger partial charge < -0.3 is 8.92 Å². The van der Waals surface area contributed by atoms with Gasteiger partial charge in [0.25, 0.3) is 0 Å². The van der Waals surface area contributed by atoms with Gasteiger partial charge in [0, 0.05) is 16.2 Å². The topological polar surface area (TPSA) is 95.7 Å². The van der Waals surface area contributed by atoms with Crippen LogP contribution in [0.5, 0.6) is 11.5 Å². The highest BCUT2D eigenvalue weighted by Gasteiger charge is 2.18. The lowest BCUT2D eigenvalue weighted by molar-refractivity contribution is 0.292. The molecule has 0 spiro atoms. The molecule has 3 rings (SSSR count). The van der Waals surface area contributed by atoms with Gasteiger partial charge in [-0.05, 0) is 25.0 Å². The molecule has 0 bridgehead atoms. The molecule has 0 aliphatic carbocycles. The van der Waals surface area contributed by atoms with Crippen LogP contribution in [-0.2, 0) is 16.7 Å². The molecule has 2 heterocycles. The SMILES string of the molecule is NS(=O)(=O)Oc1ccc2c3c(c(=O)sc2c1)CCCO3. The Hall–Kier alpha value is -1.64. The zero-order valence-corrected chi connectivity index (χ0v) is 11.9. The highest BCUT2D eigenvalue weighted by Crippen LogP contribution is 2.35. The van der Waals surface area contributed by atoms with Gasteiger partial charge in [-0.2, -0.15) is 13.6 Å². The zero-order chi connectivity index (χ0) is 14.3. The third-order valence-electron chi connectivity index (χ3n) is 2.95. The summed E-state index contributed by atoms with van der Waals surface area (Å²) < 4.78 is 32.5. The molecule has 1 aromatic carbocycles. The van der Waals surface area contributed by atoms with E-state index in [1.807, 2.05) is 0 Å². The lowest BCUT2D eigenvalue weighted by Crippen LogP contribution is -2.19. The Labute approximate surface area is 119 Å². The Balaban J connectivity index is 2.19. The molecule has 0 amide bonds. The molecule has 106 valence electrons. The number of nitrogens with two attached hydrogens (primary N) is 1. The van der Waals surface area contributed by atoms with Gasteiger partial charge >= 0.3 is 10.3 Å². The van der Waals surface area contributed by atoms with Gasteiger partial charge in [-0.3, -0.25) is 4.79 Å². The van der Waals surface area contributed by atoms with Gasteiger partial charge in [0.1, 0.15) is 11.5 Å². The summed E-state index contributed by atoms with van der Waals surface area (Å²) in [6.45, 7) is 0.575. The Morgan fingerprint density at radius 3 is 2.90 bits per heavy atom. The standard InChI is InChI=1S/C12H11NO5S2/c13-20(15,16)18-7-3-4-8-10(6-7)19-12(14)9-2-1-5-17-11(8)9/h3-4,6H,1-2,5H2,(H2,13,15,16). The third kappa shape index (κ3) is 2.49. The normalized spacial score (nSPS) is 14.7. The van der Waals surface area contributed by atoms with Crippen LogP contribution in [0, 0.1) is 0 Å². The average molecular weight is 313 g/mol. The molecule has 6 nitrogen and oxygen atoms in total. The van der Waals surface area contributed by atoms with E-state index >= 15 is 0 Å². The molecular formula is C12H11NO5S2. The molecule has 0 atom stereocenters. The van der Waals surface area contributed by atoms with Crippen molar-refractivity contribution in [1.29, 1.82) is 0 Å². The predicted molar refractivity (Wildman–Crippen MR) is 75.6 cm³/mol. The lowest BCUT2D eigenvalue weighted by atomic mass is 10.1. The van der Waals surface area contributed by atoms with Crippen LogP contribution >= 0.6 is 11.3 Å². The minimum absolute atomic E-state index is 0.0695. The summed E-state index contributed by atoms with van der Waals surface area (Å²) in [4.78, 5) is 12.0. The molecule has 1 aromatic heterocycles. The van der Waals surface area contributed by atoms with Crippen LogP contribution in [0.2, 0.25) is 0 Å². The minimum Gasteiger partial charge on any atom is -0.492 e. The molecule has 20 heavy (non-hydrogen) atoms. The summed E-state index contributed by atoms with van der Waals surface area (Å²) in [5.74, 6) is 0.670. The summed E-state index contributed by atoms with van der Waals surface area (Å²) in [6, 6.07) is 4.64. The maximum Gasteiger partial charge on any atom is 0.380 e. The number of rotatable bonds is 2. The van der Waals surface area contributed by atoms with Crippen LogP contribution in [0.25, 0.3) is 10.1 Å². The smallest absolute Gasteiger partial charge is 0.380 e. The molecule has 2 aromatic rings. The van der Waals surface area contributed by atoms with Crippen molar-refractivity contribution in [3.8, 4) is 11.5 Å². The summed E-state index contributed by atoms with van der Waals surface area (Å²) in [7, 11) is -4.08. The average Bonchev–Trinajstić information content (AvgIpc) is 2.37. The monoisotopic (exact) mass is 313 g/mol. The molecule has 0 radical (unpaired) electrons. The van der Waals surface area contributed by atoms with Crippen LogP contribution in [0.4, 0.5) is 0 Å². The first-order valence-corrected chi connectivity index (χ1v) is 8.17. The number of hydrogen-bond donors (Lipinski definition) is 1. The second-order valence-corrected chi connectivity index (χ2v) is 6.55. The fraction of sp³-hybridized carbons (Fsp3) is 0.250. The van der Waals surface area contributed by atoms with Crippen molar-refractivity contribution in [3.63, 3.8) is 0 Å². The lowest BCUT2D eigenvalue weighted by Gasteiger charge is -2.18. The van der Waals surface area contributed by atoms with E-state index in [2.05, 4.69) is 4.18 Å². The van der Waals surface area contributed by atoms with Crippen molar-refractivity contribution in [1.82, 2.24) is 0 Å². The highest BCUT2D eigenvalue weighted by molar-refractivity contribution is 7.84.